The Morgan fingerprint density at radius 3 is 2.36 bits per heavy atom. The summed E-state index contributed by atoms with van der Waals surface area (Å²) < 4.78 is 30.4. The van der Waals surface area contributed by atoms with Gasteiger partial charge >= 0.3 is 5.97 Å². The van der Waals surface area contributed by atoms with Crippen LogP contribution in [0.3, 0.4) is 0 Å². The standard InChI is InChI=1S/C21H21NO5S/c23-20(18-6-5-15-3-1-4-17(15)13-18)14-27-21(24)16-7-9-19(10-8-16)22-11-2-12-28(22,25)26/h5-10,13H,1-4,11-12,14H2. The van der Waals surface area contributed by atoms with E-state index in [2.05, 4.69) is 0 Å². The van der Waals surface area contributed by atoms with Gasteiger partial charge in [-0.05, 0) is 67.1 Å². The van der Waals surface area contributed by atoms with E-state index >= 15 is 0 Å². The number of rotatable bonds is 5. The third kappa shape index (κ3) is 3.67. The summed E-state index contributed by atoms with van der Waals surface area (Å²) in [4.78, 5) is 24.6. The van der Waals surface area contributed by atoms with Gasteiger partial charge < -0.3 is 4.74 Å². The highest BCUT2D eigenvalue weighted by Gasteiger charge is 2.28. The lowest BCUT2D eigenvalue weighted by molar-refractivity contribution is 0.0475. The van der Waals surface area contributed by atoms with Crippen molar-refractivity contribution in [1.29, 1.82) is 0 Å². The molecule has 2 aromatic carbocycles. The van der Waals surface area contributed by atoms with E-state index in [0.29, 0.717) is 24.2 Å². The molecule has 4 rings (SSSR count). The number of aryl methyl sites for hydroxylation is 2. The van der Waals surface area contributed by atoms with Crippen LogP contribution in [0.15, 0.2) is 42.5 Å². The monoisotopic (exact) mass is 399 g/mol. The van der Waals surface area contributed by atoms with Gasteiger partial charge in [-0.15, -0.1) is 0 Å². The van der Waals surface area contributed by atoms with Gasteiger partial charge in [0.2, 0.25) is 10.0 Å². The fourth-order valence-corrected chi connectivity index (χ4v) is 5.30. The SMILES string of the molecule is O=C(COC(=O)c1ccc(N2CCCS2(=O)=O)cc1)c1ccc2c(c1)CCC2. The third-order valence-electron chi connectivity index (χ3n) is 5.25. The highest BCUT2D eigenvalue weighted by Crippen LogP contribution is 2.25. The highest BCUT2D eigenvalue weighted by molar-refractivity contribution is 7.93. The quantitative estimate of drug-likeness (QED) is 0.570. The third-order valence-corrected chi connectivity index (χ3v) is 7.11. The molecule has 0 atom stereocenters. The van der Waals surface area contributed by atoms with Crippen LogP contribution in [0.1, 0.15) is 44.7 Å². The van der Waals surface area contributed by atoms with Crippen molar-refractivity contribution in [3.05, 3.63) is 64.7 Å². The maximum atomic E-state index is 12.3. The van der Waals surface area contributed by atoms with Gasteiger partial charge in [-0.2, -0.15) is 0 Å². The minimum atomic E-state index is -3.26. The summed E-state index contributed by atoms with van der Waals surface area (Å²) in [6.45, 7) is 0.126. The molecule has 1 heterocycles. The topological polar surface area (TPSA) is 80.8 Å². The van der Waals surface area contributed by atoms with E-state index in [1.54, 1.807) is 18.2 Å². The smallest absolute Gasteiger partial charge is 0.338 e. The molecule has 2 aromatic rings. The minimum Gasteiger partial charge on any atom is -0.454 e. The van der Waals surface area contributed by atoms with E-state index in [1.807, 2.05) is 12.1 Å². The first-order valence-corrected chi connectivity index (χ1v) is 11.0. The summed E-state index contributed by atoms with van der Waals surface area (Å²) >= 11 is 0. The number of anilines is 1. The number of hydrogen-bond acceptors (Lipinski definition) is 5. The summed E-state index contributed by atoms with van der Waals surface area (Å²) in [5, 5.41) is 0. The zero-order chi connectivity index (χ0) is 19.7. The zero-order valence-electron chi connectivity index (χ0n) is 15.4. The number of ketones is 1. The van der Waals surface area contributed by atoms with Crippen LogP contribution in [0, 0.1) is 0 Å². The molecule has 0 unspecified atom stereocenters. The van der Waals surface area contributed by atoms with Crippen molar-refractivity contribution >= 4 is 27.5 Å². The average molecular weight is 399 g/mol. The first-order valence-electron chi connectivity index (χ1n) is 9.37. The Balaban J connectivity index is 1.38. The second kappa shape index (κ2) is 7.39. The molecular weight excluding hydrogens is 378 g/mol. The average Bonchev–Trinajstić information content (AvgIpc) is 3.30. The number of esters is 1. The minimum absolute atomic E-state index is 0.140. The molecule has 0 spiro atoms. The normalized spacial score (nSPS) is 17.4. The molecule has 0 saturated carbocycles. The molecule has 0 N–H and O–H groups in total. The molecule has 0 radical (unpaired) electrons. The molecule has 146 valence electrons. The molecule has 7 heteroatoms. The Hall–Kier alpha value is -2.67. The van der Waals surface area contributed by atoms with Gasteiger partial charge in [0.15, 0.2) is 12.4 Å². The van der Waals surface area contributed by atoms with Crippen LogP contribution in [-0.2, 0) is 27.6 Å². The molecule has 2 aliphatic rings. The maximum absolute atomic E-state index is 12.3. The zero-order valence-corrected chi connectivity index (χ0v) is 16.2. The van der Waals surface area contributed by atoms with Crippen molar-refractivity contribution in [2.24, 2.45) is 0 Å². The predicted octanol–water partition coefficient (Wildman–Crippen LogP) is 2.75. The lowest BCUT2D eigenvalue weighted by Crippen LogP contribution is -2.25. The van der Waals surface area contributed by atoms with Gasteiger partial charge in [0, 0.05) is 12.1 Å². The first kappa shape index (κ1) is 18.7. The van der Waals surface area contributed by atoms with E-state index in [1.165, 1.54) is 27.6 Å². The predicted molar refractivity (Wildman–Crippen MR) is 105 cm³/mol. The second-order valence-corrected chi connectivity index (χ2v) is 9.14. The number of hydrogen-bond donors (Lipinski definition) is 0. The second-order valence-electron chi connectivity index (χ2n) is 7.12. The van der Waals surface area contributed by atoms with Gasteiger partial charge in [-0.1, -0.05) is 12.1 Å². The van der Waals surface area contributed by atoms with Crippen molar-refractivity contribution < 1.29 is 22.7 Å². The van der Waals surface area contributed by atoms with Gasteiger partial charge in [0.1, 0.15) is 0 Å². The van der Waals surface area contributed by atoms with E-state index < -0.39 is 16.0 Å². The number of Topliss-reactive ketones (excluding diaryl/α,β-unsaturated/α-hetero) is 1. The van der Waals surface area contributed by atoms with Crippen molar-refractivity contribution in [3.8, 4) is 0 Å². The number of sulfonamides is 1. The Labute approximate surface area is 164 Å². The van der Waals surface area contributed by atoms with Crippen molar-refractivity contribution in [2.45, 2.75) is 25.7 Å². The van der Waals surface area contributed by atoms with Gasteiger partial charge in [-0.3, -0.25) is 9.10 Å². The lowest BCUT2D eigenvalue weighted by Gasteiger charge is -2.16. The van der Waals surface area contributed by atoms with Gasteiger partial charge in [-0.25, -0.2) is 13.2 Å². The molecule has 1 aliphatic heterocycles. The van der Waals surface area contributed by atoms with Crippen LogP contribution in [0.4, 0.5) is 5.69 Å². The number of benzene rings is 2. The fraction of sp³-hybridized carbons (Fsp3) is 0.333. The van der Waals surface area contributed by atoms with Crippen LogP contribution < -0.4 is 4.31 Å². The molecule has 1 aliphatic carbocycles. The fourth-order valence-electron chi connectivity index (χ4n) is 3.74. The van der Waals surface area contributed by atoms with E-state index in [4.69, 9.17) is 4.74 Å². The molecule has 28 heavy (non-hydrogen) atoms. The van der Waals surface area contributed by atoms with Crippen molar-refractivity contribution in [2.75, 3.05) is 23.2 Å². The van der Waals surface area contributed by atoms with Crippen molar-refractivity contribution in [1.82, 2.24) is 0 Å². The molecule has 6 nitrogen and oxygen atoms in total. The van der Waals surface area contributed by atoms with Gasteiger partial charge in [0.25, 0.3) is 0 Å². The van der Waals surface area contributed by atoms with Crippen molar-refractivity contribution in [3.63, 3.8) is 0 Å². The molecule has 0 amide bonds. The Bertz CT molecular complexity index is 1030. The van der Waals surface area contributed by atoms with Crippen LogP contribution >= 0.6 is 0 Å². The summed E-state index contributed by atoms with van der Waals surface area (Å²) in [5.74, 6) is -0.699. The maximum Gasteiger partial charge on any atom is 0.338 e. The Morgan fingerprint density at radius 1 is 0.929 bits per heavy atom. The molecule has 0 bridgehead atoms. The Kier molecular flexibility index (Phi) is 4.93. The summed E-state index contributed by atoms with van der Waals surface area (Å²) in [5.41, 5.74) is 3.85. The summed E-state index contributed by atoms with van der Waals surface area (Å²) in [6.07, 6.45) is 3.73. The van der Waals surface area contributed by atoms with Crippen LogP contribution in [0.25, 0.3) is 0 Å². The van der Waals surface area contributed by atoms with E-state index in [9.17, 15) is 18.0 Å². The lowest BCUT2D eigenvalue weighted by atomic mass is 10.0. The highest BCUT2D eigenvalue weighted by atomic mass is 32.2. The Morgan fingerprint density at radius 2 is 1.64 bits per heavy atom. The van der Waals surface area contributed by atoms with Crippen LogP contribution in [-0.4, -0.2) is 39.1 Å². The van der Waals surface area contributed by atoms with Crippen LogP contribution in [0.5, 0.6) is 0 Å². The van der Waals surface area contributed by atoms with E-state index in [-0.39, 0.29) is 23.7 Å². The molecule has 1 fully saturated rings. The largest absolute Gasteiger partial charge is 0.454 e. The number of carbonyl (C=O) groups is 2. The summed E-state index contributed by atoms with van der Waals surface area (Å²) in [6, 6.07) is 11.9. The number of fused-ring (bicyclic) bond motifs is 1. The molecule has 0 aromatic heterocycles. The van der Waals surface area contributed by atoms with E-state index in [0.717, 1.165) is 19.3 Å². The molecular formula is C21H21NO5S. The number of ether oxygens (including phenoxy) is 1. The van der Waals surface area contributed by atoms with Gasteiger partial charge in [0.05, 0.1) is 17.0 Å². The molecule has 1 saturated heterocycles. The van der Waals surface area contributed by atoms with Crippen LogP contribution in [0.2, 0.25) is 0 Å². The number of carbonyl (C=O) groups excluding carboxylic acids is 2. The first-order chi connectivity index (χ1) is 13.4. The number of nitrogens with zero attached hydrogens (tertiary/aromatic N) is 1. The summed E-state index contributed by atoms with van der Waals surface area (Å²) in [7, 11) is -3.26.